The van der Waals surface area contributed by atoms with Crippen molar-refractivity contribution in [2.45, 2.75) is 57.1 Å². The van der Waals surface area contributed by atoms with Crippen LogP contribution in [0.4, 0.5) is 10.5 Å². The first-order valence-electron chi connectivity index (χ1n) is 11.0. The van der Waals surface area contributed by atoms with Crippen molar-refractivity contribution in [1.29, 1.82) is 0 Å². The average Bonchev–Trinajstić information content (AvgIpc) is 3.26. The van der Waals surface area contributed by atoms with Gasteiger partial charge in [0.15, 0.2) is 6.10 Å². The summed E-state index contributed by atoms with van der Waals surface area (Å²) in [5, 5.41) is 5.29. The SMILES string of the molecule is O=C(CN1CC(C(=O)N2CCCCC2)Oc2ccccc21)NC(=O)NC1CCCC1. The number of hydrogen-bond acceptors (Lipinski definition) is 5. The normalized spacial score (nSPS) is 21.5. The second-order valence-electron chi connectivity index (χ2n) is 8.34. The predicted octanol–water partition coefficient (Wildman–Crippen LogP) is 2.03. The molecule has 162 valence electrons. The number of carbonyl (C=O) groups excluding carboxylic acids is 3. The van der Waals surface area contributed by atoms with Gasteiger partial charge in [0.2, 0.25) is 5.91 Å². The molecule has 0 aromatic heterocycles. The van der Waals surface area contributed by atoms with E-state index >= 15 is 0 Å². The number of carbonyl (C=O) groups is 3. The lowest BCUT2D eigenvalue weighted by atomic mass is 10.1. The van der Waals surface area contributed by atoms with Crippen molar-refractivity contribution < 1.29 is 19.1 Å². The van der Waals surface area contributed by atoms with Crippen molar-refractivity contribution in [3.05, 3.63) is 24.3 Å². The van der Waals surface area contributed by atoms with Crippen LogP contribution < -0.4 is 20.3 Å². The molecule has 2 aliphatic heterocycles. The van der Waals surface area contributed by atoms with Gasteiger partial charge in [0.25, 0.3) is 5.91 Å². The van der Waals surface area contributed by atoms with E-state index < -0.39 is 18.0 Å². The Morgan fingerprint density at radius 2 is 1.73 bits per heavy atom. The number of nitrogens with one attached hydrogen (secondary N) is 2. The number of urea groups is 1. The van der Waals surface area contributed by atoms with Gasteiger partial charge in [-0.25, -0.2) is 4.79 Å². The van der Waals surface area contributed by atoms with Crippen LogP contribution in [0, 0.1) is 0 Å². The standard InChI is InChI=1S/C22H30N4O4/c27-20(24-22(29)23-16-8-2-3-9-16)15-26-14-19(21(28)25-12-6-1-7-13-25)30-18-11-5-4-10-17(18)26/h4-5,10-11,16,19H,1-3,6-9,12-15H2,(H2,23,24,27,29). The fourth-order valence-electron chi connectivity index (χ4n) is 4.53. The molecule has 1 saturated heterocycles. The summed E-state index contributed by atoms with van der Waals surface area (Å²) in [6.07, 6.45) is 6.64. The molecule has 0 bridgehead atoms. The van der Waals surface area contributed by atoms with Gasteiger partial charge in [-0.15, -0.1) is 0 Å². The number of ether oxygens (including phenoxy) is 1. The molecule has 1 saturated carbocycles. The number of anilines is 1. The molecule has 8 heteroatoms. The van der Waals surface area contributed by atoms with Gasteiger partial charge in [-0.2, -0.15) is 0 Å². The van der Waals surface area contributed by atoms with Crippen molar-refractivity contribution >= 4 is 23.5 Å². The Hall–Kier alpha value is -2.77. The van der Waals surface area contributed by atoms with Crippen molar-refractivity contribution in [3.63, 3.8) is 0 Å². The van der Waals surface area contributed by atoms with Gasteiger partial charge in [0.05, 0.1) is 18.8 Å². The van der Waals surface area contributed by atoms with Crippen LogP contribution in [0.25, 0.3) is 0 Å². The molecular formula is C22H30N4O4. The van der Waals surface area contributed by atoms with Gasteiger partial charge in [0.1, 0.15) is 5.75 Å². The number of likely N-dealkylation sites (tertiary alicyclic amines) is 1. The van der Waals surface area contributed by atoms with Gasteiger partial charge >= 0.3 is 6.03 Å². The molecule has 4 amide bonds. The lowest BCUT2D eigenvalue weighted by Gasteiger charge is -2.38. The van der Waals surface area contributed by atoms with Crippen LogP contribution in [0.15, 0.2) is 24.3 Å². The van der Waals surface area contributed by atoms with Crippen LogP contribution in [0.3, 0.4) is 0 Å². The van der Waals surface area contributed by atoms with Gasteiger partial charge in [-0.1, -0.05) is 25.0 Å². The van der Waals surface area contributed by atoms with E-state index in [1.54, 1.807) is 0 Å². The van der Waals surface area contributed by atoms with Crippen LogP contribution in [-0.4, -0.2) is 61.1 Å². The second kappa shape index (κ2) is 9.36. The number of para-hydroxylation sites is 2. The highest BCUT2D eigenvalue weighted by Gasteiger charge is 2.34. The fraction of sp³-hybridized carbons (Fsp3) is 0.591. The van der Waals surface area contributed by atoms with Crippen molar-refractivity contribution in [3.8, 4) is 5.75 Å². The van der Waals surface area contributed by atoms with Crippen molar-refractivity contribution in [2.24, 2.45) is 0 Å². The lowest BCUT2D eigenvalue weighted by molar-refractivity contribution is -0.139. The van der Waals surface area contributed by atoms with Crippen molar-refractivity contribution in [2.75, 3.05) is 31.1 Å². The third-order valence-corrected chi connectivity index (χ3v) is 6.08. The summed E-state index contributed by atoms with van der Waals surface area (Å²) < 4.78 is 5.98. The third kappa shape index (κ3) is 4.86. The molecule has 4 rings (SSSR count). The zero-order valence-corrected chi connectivity index (χ0v) is 17.3. The number of fused-ring (bicyclic) bond motifs is 1. The second-order valence-corrected chi connectivity index (χ2v) is 8.34. The fourth-order valence-corrected chi connectivity index (χ4v) is 4.53. The molecule has 1 unspecified atom stereocenters. The number of rotatable bonds is 4. The molecule has 1 aliphatic carbocycles. The Balaban J connectivity index is 1.39. The maximum Gasteiger partial charge on any atom is 0.321 e. The van der Waals surface area contributed by atoms with Crippen LogP contribution in [0.5, 0.6) is 5.75 Å². The molecule has 30 heavy (non-hydrogen) atoms. The highest BCUT2D eigenvalue weighted by molar-refractivity contribution is 5.97. The number of imide groups is 1. The lowest BCUT2D eigenvalue weighted by Crippen LogP contribution is -2.54. The summed E-state index contributed by atoms with van der Waals surface area (Å²) in [4.78, 5) is 41.3. The van der Waals surface area contributed by atoms with E-state index in [1.165, 1.54) is 0 Å². The average molecular weight is 415 g/mol. The number of benzene rings is 1. The first-order chi connectivity index (χ1) is 14.6. The minimum Gasteiger partial charge on any atom is -0.477 e. The smallest absolute Gasteiger partial charge is 0.321 e. The number of amides is 4. The molecule has 8 nitrogen and oxygen atoms in total. The maximum atomic E-state index is 13.0. The molecule has 1 aromatic rings. The van der Waals surface area contributed by atoms with Crippen LogP contribution >= 0.6 is 0 Å². The topological polar surface area (TPSA) is 91.0 Å². The predicted molar refractivity (Wildman–Crippen MR) is 112 cm³/mol. The quantitative estimate of drug-likeness (QED) is 0.787. The Morgan fingerprint density at radius 3 is 2.50 bits per heavy atom. The highest BCUT2D eigenvalue weighted by Crippen LogP contribution is 2.33. The number of piperidine rings is 1. The van der Waals surface area contributed by atoms with Crippen molar-refractivity contribution in [1.82, 2.24) is 15.5 Å². The van der Waals surface area contributed by atoms with Crippen LogP contribution in [0.1, 0.15) is 44.9 Å². The highest BCUT2D eigenvalue weighted by atomic mass is 16.5. The van der Waals surface area contributed by atoms with E-state index in [9.17, 15) is 14.4 Å². The van der Waals surface area contributed by atoms with Gasteiger partial charge in [-0.3, -0.25) is 14.9 Å². The minimum absolute atomic E-state index is 0.0117. The number of nitrogens with zero attached hydrogens (tertiary/aromatic N) is 2. The summed E-state index contributed by atoms with van der Waals surface area (Å²) in [6, 6.07) is 7.08. The number of hydrogen-bond donors (Lipinski definition) is 2. The largest absolute Gasteiger partial charge is 0.477 e. The summed E-state index contributed by atoms with van der Waals surface area (Å²) in [5.41, 5.74) is 0.756. The summed E-state index contributed by atoms with van der Waals surface area (Å²) in [6.45, 7) is 1.77. The monoisotopic (exact) mass is 414 g/mol. The van der Waals surface area contributed by atoms with Gasteiger partial charge in [0, 0.05) is 19.1 Å². The van der Waals surface area contributed by atoms with Gasteiger partial charge in [-0.05, 0) is 44.2 Å². The molecule has 3 aliphatic rings. The van der Waals surface area contributed by atoms with E-state index in [1.807, 2.05) is 34.1 Å². The third-order valence-electron chi connectivity index (χ3n) is 6.08. The molecule has 0 radical (unpaired) electrons. The first-order valence-corrected chi connectivity index (χ1v) is 11.0. The zero-order chi connectivity index (χ0) is 20.9. The first kappa shape index (κ1) is 20.5. The Bertz CT molecular complexity index is 787. The van der Waals surface area contributed by atoms with E-state index in [-0.39, 0.29) is 25.0 Å². The van der Waals surface area contributed by atoms with Gasteiger partial charge < -0.3 is 19.9 Å². The zero-order valence-electron chi connectivity index (χ0n) is 17.3. The molecular weight excluding hydrogens is 384 g/mol. The minimum atomic E-state index is -0.655. The summed E-state index contributed by atoms with van der Waals surface area (Å²) >= 11 is 0. The Kier molecular flexibility index (Phi) is 6.40. The van der Waals surface area contributed by atoms with Crippen LogP contribution in [0.2, 0.25) is 0 Å². The summed E-state index contributed by atoms with van der Waals surface area (Å²) in [7, 11) is 0. The van der Waals surface area contributed by atoms with Crippen LogP contribution in [-0.2, 0) is 9.59 Å². The molecule has 1 atom stereocenters. The molecule has 0 spiro atoms. The Morgan fingerprint density at radius 1 is 1.00 bits per heavy atom. The van der Waals surface area contributed by atoms with E-state index in [4.69, 9.17) is 4.74 Å². The Labute approximate surface area is 176 Å². The maximum absolute atomic E-state index is 13.0. The van der Waals surface area contributed by atoms with E-state index in [0.717, 1.165) is 63.7 Å². The molecule has 2 fully saturated rings. The molecule has 2 heterocycles. The summed E-state index contributed by atoms with van der Waals surface area (Å²) in [5.74, 6) is 0.155. The van der Waals surface area contributed by atoms with E-state index in [2.05, 4.69) is 10.6 Å². The van der Waals surface area contributed by atoms with E-state index in [0.29, 0.717) is 5.75 Å². The molecule has 1 aromatic carbocycles. The molecule has 2 N–H and O–H groups in total.